The topological polar surface area (TPSA) is 55.8 Å². The molecule has 0 atom stereocenters. The number of ether oxygens (including phenoxy) is 2. The van der Waals surface area contributed by atoms with Crippen molar-refractivity contribution in [3.8, 4) is 11.5 Å². The molecule has 1 N–H and O–H groups in total. The zero-order chi connectivity index (χ0) is 25.1. The maximum atomic E-state index is 15.0. The van der Waals surface area contributed by atoms with Gasteiger partial charge in [0, 0.05) is 6.61 Å². The highest BCUT2D eigenvalue weighted by atomic mass is 19.2. The van der Waals surface area contributed by atoms with E-state index < -0.39 is 40.9 Å². The van der Waals surface area contributed by atoms with Gasteiger partial charge in [0.05, 0.1) is 13.0 Å². The summed E-state index contributed by atoms with van der Waals surface area (Å²) >= 11 is 0. The lowest BCUT2D eigenvalue weighted by Crippen LogP contribution is -2.26. The fourth-order valence-corrected chi connectivity index (χ4v) is 5.45. The van der Waals surface area contributed by atoms with E-state index in [-0.39, 0.29) is 30.1 Å². The summed E-state index contributed by atoms with van der Waals surface area (Å²) in [5.74, 6) is -6.21. The number of aliphatic hydroxyl groups is 1. The minimum absolute atomic E-state index is 0.0463. The van der Waals surface area contributed by atoms with Gasteiger partial charge in [0.15, 0.2) is 23.1 Å². The molecule has 2 fully saturated rings. The van der Waals surface area contributed by atoms with Gasteiger partial charge in [-0.25, -0.2) is 8.78 Å². The monoisotopic (exact) mass is 494 g/mol. The van der Waals surface area contributed by atoms with Crippen LogP contribution in [0.2, 0.25) is 0 Å². The number of methoxy groups -OCH3 is 1. The molecule has 0 aliphatic heterocycles. The molecule has 4 nitrogen and oxygen atoms in total. The molecule has 0 heterocycles. The largest absolute Gasteiger partial charge is 0.494 e. The maximum Gasteiger partial charge on any atom is 0.314 e. The molecule has 190 valence electrons. The molecule has 0 unspecified atom stereocenters. The van der Waals surface area contributed by atoms with Crippen LogP contribution in [0.15, 0.2) is 24.3 Å². The first-order chi connectivity index (χ1) is 16.8. The van der Waals surface area contributed by atoms with Crippen LogP contribution in [0.5, 0.6) is 11.5 Å². The number of benzene rings is 2. The molecule has 0 radical (unpaired) electrons. The third-order valence-electron chi connectivity index (χ3n) is 7.63. The lowest BCUT2D eigenvalue weighted by Gasteiger charge is -2.30. The normalized spacial score (nSPS) is 24.7. The van der Waals surface area contributed by atoms with Gasteiger partial charge < -0.3 is 14.6 Å². The summed E-state index contributed by atoms with van der Waals surface area (Å²) in [4.78, 5) is 12.5. The molecule has 2 aliphatic rings. The fraction of sp³-hybridized carbons (Fsp3) is 0.519. The van der Waals surface area contributed by atoms with Crippen LogP contribution < -0.4 is 9.47 Å². The SMILES string of the molecule is COc1ccc(OC(=O)C2CCC(c3ccc(C4CCC(CO)CC4)c(F)c3F)CC2)c(F)c1F. The first kappa shape index (κ1) is 25.5. The summed E-state index contributed by atoms with van der Waals surface area (Å²) < 4.78 is 67.8. The summed E-state index contributed by atoms with van der Waals surface area (Å²) in [6.45, 7) is 0.130. The Morgan fingerprint density at radius 2 is 1.26 bits per heavy atom. The predicted octanol–water partition coefficient (Wildman–Crippen LogP) is 6.40. The minimum Gasteiger partial charge on any atom is -0.494 e. The van der Waals surface area contributed by atoms with E-state index in [1.807, 2.05) is 0 Å². The first-order valence-electron chi connectivity index (χ1n) is 12.2. The van der Waals surface area contributed by atoms with Crippen molar-refractivity contribution in [1.82, 2.24) is 0 Å². The van der Waals surface area contributed by atoms with Crippen LogP contribution in [0, 0.1) is 35.1 Å². The molecule has 0 amide bonds. The molecule has 0 aromatic heterocycles. The quantitative estimate of drug-likeness (QED) is 0.287. The van der Waals surface area contributed by atoms with E-state index in [0.717, 1.165) is 31.7 Å². The molecule has 2 aromatic carbocycles. The third kappa shape index (κ3) is 5.32. The predicted molar refractivity (Wildman–Crippen MR) is 121 cm³/mol. The average Bonchev–Trinajstić information content (AvgIpc) is 2.88. The number of aliphatic hydroxyl groups excluding tert-OH is 1. The van der Waals surface area contributed by atoms with Crippen LogP contribution in [0.25, 0.3) is 0 Å². The molecule has 8 heteroatoms. The van der Waals surface area contributed by atoms with Crippen molar-refractivity contribution < 1.29 is 36.9 Å². The molecule has 0 bridgehead atoms. The number of rotatable bonds is 6. The summed E-state index contributed by atoms with van der Waals surface area (Å²) in [6, 6.07) is 5.65. The smallest absolute Gasteiger partial charge is 0.314 e. The lowest BCUT2D eigenvalue weighted by atomic mass is 9.76. The summed E-state index contributed by atoms with van der Waals surface area (Å²) in [5.41, 5.74) is 0.707. The van der Waals surface area contributed by atoms with E-state index in [0.29, 0.717) is 36.8 Å². The van der Waals surface area contributed by atoms with Crippen molar-refractivity contribution in [3.63, 3.8) is 0 Å². The second-order valence-corrected chi connectivity index (χ2v) is 9.64. The van der Waals surface area contributed by atoms with Crippen LogP contribution >= 0.6 is 0 Å². The minimum atomic E-state index is -1.30. The van der Waals surface area contributed by atoms with Crippen molar-refractivity contribution in [2.24, 2.45) is 11.8 Å². The van der Waals surface area contributed by atoms with Gasteiger partial charge in [-0.2, -0.15) is 8.78 Å². The Balaban J connectivity index is 1.37. The Bertz CT molecular complexity index is 1060. The van der Waals surface area contributed by atoms with E-state index in [2.05, 4.69) is 0 Å². The van der Waals surface area contributed by atoms with Crippen molar-refractivity contribution >= 4 is 5.97 Å². The second-order valence-electron chi connectivity index (χ2n) is 9.64. The van der Waals surface area contributed by atoms with E-state index in [9.17, 15) is 23.1 Å². The number of esters is 1. The van der Waals surface area contributed by atoms with Gasteiger partial charge in [0.1, 0.15) is 0 Å². The van der Waals surface area contributed by atoms with E-state index in [1.54, 1.807) is 12.1 Å². The van der Waals surface area contributed by atoms with Gasteiger partial charge >= 0.3 is 5.97 Å². The number of hydrogen-bond acceptors (Lipinski definition) is 4. The lowest BCUT2D eigenvalue weighted by molar-refractivity contribution is -0.140. The molecule has 0 saturated heterocycles. The Hall–Kier alpha value is -2.61. The van der Waals surface area contributed by atoms with Crippen LogP contribution in [-0.4, -0.2) is 24.8 Å². The molecular formula is C27H30F4O4. The van der Waals surface area contributed by atoms with E-state index in [4.69, 9.17) is 9.47 Å². The van der Waals surface area contributed by atoms with Crippen LogP contribution in [0.3, 0.4) is 0 Å². The molecule has 0 spiro atoms. The molecule has 4 rings (SSSR count). The van der Waals surface area contributed by atoms with Crippen LogP contribution in [-0.2, 0) is 4.79 Å². The first-order valence-corrected chi connectivity index (χ1v) is 12.2. The van der Waals surface area contributed by atoms with Gasteiger partial charge in [-0.3, -0.25) is 4.79 Å². The molecule has 35 heavy (non-hydrogen) atoms. The number of carbonyl (C=O) groups excluding carboxylic acids is 1. The standard InChI is InChI=1S/C27H30F4O4/c1-34-21-12-13-22(26(31)25(21)30)35-27(33)18-8-6-17(7-9-18)20-11-10-19(23(28)24(20)29)16-4-2-15(14-32)3-5-16/h10-13,15-18,32H,2-9,14H2,1H3. The third-order valence-corrected chi connectivity index (χ3v) is 7.63. The zero-order valence-electron chi connectivity index (χ0n) is 19.7. The van der Waals surface area contributed by atoms with E-state index in [1.165, 1.54) is 13.2 Å². The second kappa shape index (κ2) is 11.0. The highest BCUT2D eigenvalue weighted by molar-refractivity contribution is 5.75. The Morgan fingerprint density at radius 3 is 1.77 bits per heavy atom. The average molecular weight is 495 g/mol. The van der Waals surface area contributed by atoms with Crippen molar-refractivity contribution in [3.05, 3.63) is 58.7 Å². The van der Waals surface area contributed by atoms with Crippen LogP contribution in [0.1, 0.15) is 74.3 Å². The molecule has 2 saturated carbocycles. The van der Waals surface area contributed by atoms with Crippen molar-refractivity contribution in [1.29, 1.82) is 0 Å². The van der Waals surface area contributed by atoms with Gasteiger partial charge in [-0.15, -0.1) is 0 Å². The van der Waals surface area contributed by atoms with Gasteiger partial charge in [0.25, 0.3) is 0 Å². The van der Waals surface area contributed by atoms with Gasteiger partial charge in [-0.1, -0.05) is 12.1 Å². The number of carbonyl (C=O) groups is 1. The van der Waals surface area contributed by atoms with Crippen molar-refractivity contribution in [2.45, 2.75) is 63.2 Å². The Labute approximate surface area is 202 Å². The molecular weight excluding hydrogens is 464 g/mol. The molecule has 2 aromatic rings. The zero-order valence-corrected chi connectivity index (χ0v) is 19.7. The summed E-state index contributed by atoms with van der Waals surface area (Å²) in [7, 11) is 1.20. The molecule has 2 aliphatic carbocycles. The maximum absolute atomic E-state index is 15.0. The van der Waals surface area contributed by atoms with Crippen LogP contribution in [0.4, 0.5) is 17.6 Å². The number of hydrogen-bond donors (Lipinski definition) is 1. The fourth-order valence-electron chi connectivity index (χ4n) is 5.45. The van der Waals surface area contributed by atoms with Gasteiger partial charge in [-0.05, 0) is 92.4 Å². The Kier molecular flexibility index (Phi) is 7.99. The van der Waals surface area contributed by atoms with E-state index >= 15 is 4.39 Å². The highest BCUT2D eigenvalue weighted by Gasteiger charge is 2.32. The number of halogens is 4. The highest BCUT2D eigenvalue weighted by Crippen LogP contribution is 2.41. The summed E-state index contributed by atoms with van der Waals surface area (Å²) in [5, 5.41) is 9.30. The van der Waals surface area contributed by atoms with Crippen molar-refractivity contribution in [2.75, 3.05) is 13.7 Å². The van der Waals surface area contributed by atoms with Gasteiger partial charge in [0.2, 0.25) is 11.6 Å². The summed E-state index contributed by atoms with van der Waals surface area (Å²) in [6.07, 6.45) is 4.72. The Morgan fingerprint density at radius 1 is 0.771 bits per heavy atom.